The fourth-order valence-corrected chi connectivity index (χ4v) is 4.02. The zero-order valence-electron chi connectivity index (χ0n) is 16.3. The Bertz CT molecular complexity index is 968. The number of piperidine rings is 1. The number of aromatic nitrogens is 2. The van der Waals surface area contributed by atoms with Crippen LogP contribution in [0.1, 0.15) is 36.9 Å². The van der Waals surface area contributed by atoms with Crippen LogP contribution in [0.3, 0.4) is 0 Å². The summed E-state index contributed by atoms with van der Waals surface area (Å²) in [6.45, 7) is 3.44. The second-order valence-corrected chi connectivity index (χ2v) is 7.44. The third-order valence-electron chi connectivity index (χ3n) is 5.56. The first-order valence-corrected chi connectivity index (χ1v) is 9.76. The van der Waals surface area contributed by atoms with E-state index < -0.39 is 0 Å². The molecular weight excluding hydrogens is 352 g/mol. The first kappa shape index (κ1) is 18.3. The molecular formula is C22H26N4O2. The number of benzene rings is 1. The highest BCUT2D eigenvalue weighted by atomic mass is 16.5. The average molecular weight is 378 g/mol. The first-order valence-electron chi connectivity index (χ1n) is 9.76. The van der Waals surface area contributed by atoms with E-state index in [1.807, 2.05) is 58.2 Å². The third kappa shape index (κ3) is 3.54. The summed E-state index contributed by atoms with van der Waals surface area (Å²) in [7, 11) is 1.68. The number of nitrogens with one attached hydrogen (secondary N) is 1. The Morgan fingerprint density at radius 1 is 1.25 bits per heavy atom. The summed E-state index contributed by atoms with van der Waals surface area (Å²) in [6, 6.07) is 13.9. The maximum absolute atomic E-state index is 13.1. The molecule has 0 bridgehead atoms. The van der Waals surface area contributed by atoms with E-state index in [0.29, 0.717) is 12.5 Å². The molecule has 6 nitrogen and oxygen atoms in total. The van der Waals surface area contributed by atoms with Crippen molar-refractivity contribution in [3.8, 4) is 5.75 Å². The fourth-order valence-electron chi connectivity index (χ4n) is 4.02. The van der Waals surface area contributed by atoms with Crippen molar-refractivity contribution in [3.05, 3.63) is 66.0 Å². The Kier molecular flexibility index (Phi) is 5.19. The number of pyridine rings is 1. The summed E-state index contributed by atoms with van der Waals surface area (Å²) in [5, 5.41) is 7.43. The molecule has 0 unspecified atom stereocenters. The second kappa shape index (κ2) is 7.92. The molecule has 1 aliphatic heterocycles. The van der Waals surface area contributed by atoms with Crippen LogP contribution in [-0.4, -0.2) is 34.2 Å². The minimum atomic E-state index is -0.0434. The van der Waals surface area contributed by atoms with Gasteiger partial charge in [0, 0.05) is 30.4 Å². The van der Waals surface area contributed by atoms with Crippen LogP contribution in [0.25, 0.3) is 5.52 Å². The van der Waals surface area contributed by atoms with Gasteiger partial charge in [-0.2, -0.15) is 5.10 Å². The number of amides is 2. The van der Waals surface area contributed by atoms with Crippen LogP contribution in [0.15, 0.2) is 54.9 Å². The van der Waals surface area contributed by atoms with Crippen LogP contribution in [0.4, 0.5) is 4.79 Å². The predicted molar refractivity (Wildman–Crippen MR) is 108 cm³/mol. The summed E-state index contributed by atoms with van der Waals surface area (Å²) >= 11 is 0. The molecule has 0 aliphatic carbocycles. The summed E-state index contributed by atoms with van der Waals surface area (Å²) in [4.78, 5) is 15.0. The highest BCUT2D eigenvalue weighted by Crippen LogP contribution is 2.38. The number of carbonyl (C=O) groups is 1. The van der Waals surface area contributed by atoms with Gasteiger partial charge in [0.2, 0.25) is 0 Å². The van der Waals surface area contributed by atoms with E-state index in [1.54, 1.807) is 7.11 Å². The fraction of sp³-hybridized carbons (Fsp3) is 0.364. The van der Waals surface area contributed by atoms with Gasteiger partial charge < -0.3 is 15.0 Å². The highest BCUT2D eigenvalue weighted by molar-refractivity contribution is 5.75. The lowest BCUT2D eigenvalue weighted by Gasteiger charge is -2.39. The molecule has 6 heteroatoms. The third-order valence-corrected chi connectivity index (χ3v) is 5.56. The maximum Gasteiger partial charge on any atom is 0.318 e. The van der Waals surface area contributed by atoms with Crippen LogP contribution in [0.5, 0.6) is 5.75 Å². The van der Waals surface area contributed by atoms with E-state index in [2.05, 4.69) is 23.4 Å². The molecule has 0 saturated carbocycles. The lowest BCUT2D eigenvalue weighted by Crippen LogP contribution is -2.45. The minimum absolute atomic E-state index is 0.0174. The Hall–Kier alpha value is -3.02. The van der Waals surface area contributed by atoms with Crippen molar-refractivity contribution in [2.24, 2.45) is 5.92 Å². The van der Waals surface area contributed by atoms with Crippen molar-refractivity contribution in [2.75, 3.05) is 13.7 Å². The number of para-hydroxylation sites is 1. The zero-order chi connectivity index (χ0) is 19.5. The van der Waals surface area contributed by atoms with Gasteiger partial charge in [-0.3, -0.25) is 0 Å². The second-order valence-electron chi connectivity index (χ2n) is 7.44. The molecule has 0 radical (unpaired) electrons. The van der Waals surface area contributed by atoms with Crippen LogP contribution < -0.4 is 10.1 Å². The number of carbonyl (C=O) groups excluding carboxylic acids is 1. The predicted octanol–water partition coefficient (Wildman–Crippen LogP) is 4.03. The van der Waals surface area contributed by atoms with Crippen LogP contribution in [0, 0.1) is 5.92 Å². The first-order chi connectivity index (χ1) is 13.7. The van der Waals surface area contributed by atoms with E-state index in [9.17, 15) is 4.79 Å². The van der Waals surface area contributed by atoms with Crippen molar-refractivity contribution < 1.29 is 9.53 Å². The van der Waals surface area contributed by atoms with Gasteiger partial charge in [0.15, 0.2) is 0 Å². The molecule has 2 aromatic heterocycles. The van der Waals surface area contributed by atoms with Crippen molar-refractivity contribution in [2.45, 2.75) is 32.4 Å². The highest BCUT2D eigenvalue weighted by Gasteiger charge is 2.32. The van der Waals surface area contributed by atoms with E-state index in [0.717, 1.165) is 41.8 Å². The van der Waals surface area contributed by atoms with Gasteiger partial charge in [0.05, 0.1) is 24.9 Å². The van der Waals surface area contributed by atoms with Crippen molar-refractivity contribution >= 4 is 11.5 Å². The topological polar surface area (TPSA) is 58.9 Å². The normalized spacial score (nSPS) is 19.6. The standard InChI is InChI=1S/C22H26N4O2/c1-16-10-12-25(20(13-16)18-7-3-4-9-21(18)28-2)22(27)23-14-17-15-24-26-11-6-5-8-19(17)26/h3-9,11,15-16,20H,10,12-14H2,1-2H3,(H,23,27)/t16-,20+/m0/s1. The number of hydrogen-bond acceptors (Lipinski definition) is 3. The van der Waals surface area contributed by atoms with Crippen LogP contribution in [-0.2, 0) is 6.54 Å². The van der Waals surface area contributed by atoms with Crippen LogP contribution >= 0.6 is 0 Å². The molecule has 2 amide bonds. The number of likely N-dealkylation sites (tertiary alicyclic amines) is 1. The van der Waals surface area contributed by atoms with E-state index in [4.69, 9.17) is 4.74 Å². The number of hydrogen-bond donors (Lipinski definition) is 1. The van der Waals surface area contributed by atoms with E-state index in [-0.39, 0.29) is 12.1 Å². The molecule has 1 N–H and O–H groups in total. The molecule has 0 spiro atoms. The van der Waals surface area contributed by atoms with Gasteiger partial charge in [-0.25, -0.2) is 9.31 Å². The molecule has 3 heterocycles. The van der Waals surface area contributed by atoms with Gasteiger partial charge in [0.1, 0.15) is 5.75 Å². The number of urea groups is 1. The number of nitrogens with zero attached hydrogens (tertiary/aromatic N) is 3. The molecule has 1 saturated heterocycles. The molecule has 146 valence electrons. The zero-order valence-corrected chi connectivity index (χ0v) is 16.3. The molecule has 28 heavy (non-hydrogen) atoms. The molecule has 1 fully saturated rings. The van der Waals surface area contributed by atoms with Gasteiger partial charge in [-0.1, -0.05) is 31.2 Å². The molecule has 3 aromatic rings. The molecule has 4 rings (SSSR count). The Morgan fingerprint density at radius 3 is 2.93 bits per heavy atom. The van der Waals surface area contributed by atoms with Gasteiger partial charge in [-0.15, -0.1) is 0 Å². The lowest BCUT2D eigenvalue weighted by atomic mass is 9.88. The van der Waals surface area contributed by atoms with Gasteiger partial charge in [-0.05, 0) is 37.0 Å². The van der Waals surface area contributed by atoms with Gasteiger partial charge >= 0.3 is 6.03 Å². The molecule has 2 atom stereocenters. The molecule has 1 aliphatic rings. The number of ether oxygens (including phenoxy) is 1. The van der Waals surface area contributed by atoms with Crippen LogP contribution in [0.2, 0.25) is 0 Å². The summed E-state index contributed by atoms with van der Waals surface area (Å²) < 4.78 is 7.38. The summed E-state index contributed by atoms with van der Waals surface area (Å²) in [5.74, 6) is 1.40. The number of fused-ring (bicyclic) bond motifs is 1. The van der Waals surface area contributed by atoms with Crippen molar-refractivity contribution in [1.29, 1.82) is 0 Å². The van der Waals surface area contributed by atoms with Crippen molar-refractivity contribution in [1.82, 2.24) is 19.8 Å². The van der Waals surface area contributed by atoms with Crippen molar-refractivity contribution in [3.63, 3.8) is 0 Å². The van der Waals surface area contributed by atoms with E-state index >= 15 is 0 Å². The minimum Gasteiger partial charge on any atom is -0.496 e. The number of rotatable bonds is 4. The monoisotopic (exact) mass is 378 g/mol. The van der Waals surface area contributed by atoms with E-state index in [1.165, 1.54) is 0 Å². The maximum atomic E-state index is 13.1. The summed E-state index contributed by atoms with van der Waals surface area (Å²) in [6.07, 6.45) is 5.66. The Balaban J connectivity index is 1.53. The average Bonchev–Trinajstić information content (AvgIpc) is 3.15. The lowest BCUT2D eigenvalue weighted by molar-refractivity contribution is 0.130. The van der Waals surface area contributed by atoms with Gasteiger partial charge in [0.25, 0.3) is 0 Å². The SMILES string of the molecule is COc1ccccc1[C@H]1C[C@@H](C)CCN1C(=O)NCc1cnn2ccccc12. The molecule has 1 aromatic carbocycles. The largest absolute Gasteiger partial charge is 0.496 e. The quantitative estimate of drug-likeness (QED) is 0.746. The number of methoxy groups -OCH3 is 1. The Morgan fingerprint density at radius 2 is 2.07 bits per heavy atom. The smallest absolute Gasteiger partial charge is 0.318 e. The Labute approximate surface area is 165 Å². The summed E-state index contributed by atoms with van der Waals surface area (Å²) in [5.41, 5.74) is 3.09.